The van der Waals surface area contributed by atoms with Crippen LogP contribution in [-0.2, 0) is 4.79 Å². The van der Waals surface area contributed by atoms with E-state index in [0.717, 1.165) is 11.4 Å². The summed E-state index contributed by atoms with van der Waals surface area (Å²) >= 11 is 0. The van der Waals surface area contributed by atoms with E-state index in [9.17, 15) is 4.79 Å². The third-order valence-corrected chi connectivity index (χ3v) is 5.17. The fourth-order valence-corrected chi connectivity index (χ4v) is 4.03. The molecule has 0 saturated heterocycles. The van der Waals surface area contributed by atoms with Crippen LogP contribution in [0.15, 0.2) is 18.2 Å². The van der Waals surface area contributed by atoms with Gasteiger partial charge in [-0.15, -0.1) is 0 Å². The molecule has 0 aromatic heterocycles. The van der Waals surface area contributed by atoms with Gasteiger partial charge in [-0.3, -0.25) is 4.79 Å². The predicted molar refractivity (Wildman–Crippen MR) is 83.6 cm³/mol. The van der Waals surface area contributed by atoms with Gasteiger partial charge in [0.25, 0.3) is 5.91 Å². The molecule has 1 aromatic carbocycles. The Bertz CT molecular complexity index is 536. The Kier molecular flexibility index (Phi) is 3.89. The van der Waals surface area contributed by atoms with Gasteiger partial charge in [0.1, 0.15) is 5.75 Å². The van der Waals surface area contributed by atoms with Crippen LogP contribution in [0.25, 0.3) is 0 Å². The van der Waals surface area contributed by atoms with Gasteiger partial charge in [-0.05, 0) is 49.4 Å². The summed E-state index contributed by atoms with van der Waals surface area (Å²) in [4.78, 5) is 11.5. The molecule has 3 rings (SSSR count). The molecule has 1 amide bonds. The molecule has 0 spiro atoms. The number of benzene rings is 1. The number of hydrogen-bond donors (Lipinski definition) is 2. The minimum atomic E-state index is -0.0771. The maximum absolute atomic E-state index is 11.5. The van der Waals surface area contributed by atoms with Crippen LogP contribution >= 0.6 is 0 Å². The molecule has 1 aliphatic heterocycles. The van der Waals surface area contributed by atoms with Gasteiger partial charge >= 0.3 is 0 Å². The van der Waals surface area contributed by atoms with Gasteiger partial charge in [0.05, 0.1) is 5.69 Å². The SMILES string of the molecule is CCC1(C(NC)c2ccc3c(c2)NC(=O)CO3)CCCC1. The number of amides is 1. The molecule has 4 nitrogen and oxygen atoms in total. The molecule has 2 aliphatic rings. The lowest BCUT2D eigenvalue weighted by Crippen LogP contribution is -2.34. The normalized spacial score (nSPS) is 21.3. The van der Waals surface area contributed by atoms with Crippen molar-refractivity contribution in [3.63, 3.8) is 0 Å². The molecule has 1 aliphatic carbocycles. The standard InChI is InChI=1S/C17H24N2O2/c1-3-17(8-4-5-9-17)16(18-2)12-6-7-14-13(10-12)19-15(20)11-21-14/h6-7,10,16,18H,3-5,8-9,11H2,1-2H3,(H,19,20). The smallest absolute Gasteiger partial charge is 0.262 e. The van der Waals surface area contributed by atoms with Gasteiger partial charge in [0.15, 0.2) is 6.61 Å². The first-order valence-corrected chi connectivity index (χ1v) is 7.92. The van der Waals surface area contributed by atoms with E-state index in [2.05, 4.69) is 29.7 Å². The van der Waals surface area contributed by atoms with Crippen LogP contribution in [0.5, 0.6) is 5.75 Å². The maximum Gasteiger partial charge on any atom is 0.262 e. The largest absolute Gasteiger partial charge is 0.482 e. The van der Waals surface area contributed by atoms with Crippen molar-refractivity contribution in [1.82, 2.24) is 5.32 Å². The van der Waals surface area contributed by atoms with Crippen LogP contribution in [0.3, 0.4) is 0 Å². The van der Waals surface area contributed by atoms with Crippen molar-refractivity contribution in [3.8, 4) is 5.75 Å². The highest BCUT2D eigenvalue weighted by atomic mass is 16.5. The van der Waals surface area contributed by atoms with Crippen molar-refractivity contribution in [2.45, 2.75) is 45.1 Å². The molecule has 1 atom stereocenters. The summed E-state index contributed by atoms with van der Waals surface area (Å²) in [5.74, 6) is 0.692. The van der Waals surface area contributed by atoms with E-state index in [1.54, 1.807) is 0 Å². The number of carbonyl (C=O) groups is 1. The molecule has 0 bridgehead atoms. The van der Waals surface area contributed by atoms with E-state index in [1.807, 2.05) is 13.1 Å². The van der Waals surface area contributed by atoms with E-state index in [-0.39, 0.29) is 12.5 Å². The van der Waals surface area contributed by atoms with Crippen molar-refractivity contribution < 1.29 is 9.53 Å². The van der Waals surface area contributed by atoms with Crippen LogP contribution in [0.2, 0.25) is 0 Å². The first kappa shape index (κ1) is 14.4. The Hall–Kier alpha value is -1.55. The second-order valence-electron chi connectivity index (χ2n) is 6.24. The highest BCUT2D eigenvalue weighted by Crippen LogP contribution is 2.50. The Labute approximate surface area is 126 Å². The molecule has 0 radical (unpaired) electrons. The highest BCUT2D eigenvalue weighted by Gasteiger charge is 2.40. The molecule has 1 unspecified atom stereocenters. The summed E-state index contributed by atoms with van der Waals surface area (Å²) in [6.07, 6.45) is 6.36. The van der Waals surface area contributed by atoms with Crippen LogP contribution in [0.1, 0.15) is 50.6 Å². The molecule has 1 fully saturated rings. The molecule has 4 heteroatoms. The zero-order valence-electron chi connectivity index (χ0n) is 12.9. The van der Waals surface area contributed by atoms with Crippen LogP contribution in [-0.4, -0.2) is 19.6 Å². The lowest BCUT2D eigenvalue weighted by molar-refractivity contribution is -0.118. The van der Waals surface area contributed by atoms with Crippen LogP contribution in [0, 0.1) is 5.41 Å². The maximum atomic E-state index is 11.5. The fourth-order valence-electron chi connectivity index (χ4n) is 4.03. The highest BCUT2D eigenvalue weighted by molar-refractivity contribution is 5.95. The number of rotatable bonds is 4. The van der Waals surface area contributed by atoms with Gasteiger partial charge in [-0.1, -0.05) is 25.8 Å². The van der Waals surface area contributed by atoms with Gasteiger partial charge in [0.2, 0.25) is 0 Å². The Morgan fingerprint density at radius 1 is 1.38 bits per heavy atom. The number of fused-ring (bicyclic) bond motifs is 1. The molecule has 21 heavy (non-hydrogen) atoms. The average molecular weight is 288 g/mol. The van der Waals surface area contributed by atoms with Gasteiger partial charge in [-0.2, -0.15) is 0 Å². The minimum absolute atomic E-state index is 0.0771. The van der Waals surface area contributed by atoms with E-state index >= 15 is 0 Å². The summed E-state index contributed by atoms with van der Waals surface area (Å²) in [6.45, 7) is 2.40. The number of anilines is 1. The molecule has 114 valence electrons. The molecule has 1 heterocycles. The molecular formula is C17H24N2O2. The molecule has 1 aromatic rings. The van der Waals surface area contributed by atoms with Crippen LogP contribution in [0.4, 0.5) is 5.69 Å². The Morgan fingerprint density at radius 2 is 2.14 bits per heavy atom. The summed E-state index contributed by atoms with van der Waals surface area (Å²) in [7, 11) is 2.04. The molecule has 2 N–H and O–H groups in total. The monoisotopic (exact) mass is 288 g/mol. The van der Waals surface area contributed by atoms with Gasteiger partial charge < -0.3 is 15.4 Å². The Balaban J connectivity index is 1.94. The van der Waals surface area contributed by atoms with Gasteiger partial charge in [0, 0.05) is 6.04 Å². The number of hydrogen-bond acceptors (Lipinski definition) is 3. The Morgan fingerprint density at radius 3 is 2.81 bits per heavy atom. The van der Waals surface area contributed by atoms with Crippen molar-refractivity contribution in [1.29, 1.82) is 0 Å². The van der Waals surface area contributed by atoms with Gasteiger partial charge in [-0.25, -0.2) is 0 Å². The summed E-state index contributed by atoms with van der Waals surface area (Å²) in [5.41, 5.74) is 2.38. The average Bonchev–Trinajstić information content (AvgIpc) is 2.97. The van der Waals surface area contributed by atoms with Crippen molar-refractivity contribution in [2.75, 3.05) is 19.0 Å². The lowest BCUT2D eigenvalue weighted by atomic mass is 9.73. The topological polar surface area (TPSA) is 50.4 Å². The fraction of sp³-hybridized carbons (Fsp3) is 0.588. The second-order valence-corrected chi connectivity index (χ2v) is 6.24. The van der Waals surface area contributed by atoms with Crippen molar-refractivity contribution in [2.24, 2.45) is 5.41 Å². The van der Waals surface area contributed by atoms with E-state index in [4.69, 9.17) is 4.74 Å². The van der Waals surface area contributed by atoms with Crippen molar-refractivity contribution >= 4 is 11.6 Å². The minimum Gasteiger partial charge on any atom is -0.482 e. The summed E-state index contributed by atoms with van der Waals surface area (Å²) < 4.78 is 5.45. The van der Waals surface area contributed by atoms with Crippen LogP contribution < -0.4 is 15.4 Å². The first-order valence-electron chi connectivity index (χ1n) is 7.92. The summed E-state index contributed by atoms with van der Waals surface area (Å²) in [6, 6.07) is 6.51. The molecule has 1 saturated carbocycles. The quantitative estimate of drug-likeness (QED) is 0.894. The van der Waals surface area contributed by atoms with E-state index in [0.29, 0.717) is 11.5 Å². The number of ether oxygens (including phenoxy) is 1. The lowest BCUT2D eigenvalue weighted by Gasteiger charge is -2.37. The molecular weight excluding hydrogens is 264 g/mol. The van der Waals surface area contributed by atoms with Crippen molar-refractivity contribution in [3.05, 3.63) is 23.8 Å². The second kappa shape index (κ2) is 5.68. The third-order valence-electron chi connectivity index (χ3n) is 5.17. The zero-order chi connectivity index (χ0) is 14.9. The van der Waals surface area contributed by atoms with E-state index < -0.39 is 0 Å². The number of carbonyl (C=O) groups excluding carboxylic acids is 1. The number of nitrogens with one attached hydrogen (secondary N) is 2. The summed E-state index contributed by atoms with van der Waals surface area (Å²) in [5, 5.41) is 6.43. The first-order chi connectivity index (χ1) is 10.2. The predicted octanol–water partition coefficient (Wildman–Crippen LogP) is 3.25. The third kappa shape index (κ3) is 2.53. The zero-order valence-corrected chi connectivity index (χ0v) is 12.9. The van der Waals surface area contributed by atoms with E-state index in [1.165, 1.54) is 37.7 Å².